The molecule has 21 heavy (non-hydrogen) atoms. The smallest absolute Gasteiger partial charge is 0.310 e. The topological polar surface area (TPSA) is 65.5 Å². The molecule has 2 N–H and O–H groups in total. The van der Waals surface area contributed by atoms with E-state index < -0.39 is 11.4 Å². The number of anilines is 1. The molecule has 0 aliphatic carbocycles. The second-order valence-electron chi connectivity index (χ2n) is 5.43. The first-order valence-corrected chi connectivity index (χ1v) is 7.59. The molecule has 0 unspecified atom stereocenters. The number of carboxylic acid groups (broad SMARTS) is 1. The zero-order chi connectivity index (χ0) is 15.9. The van der Waals surface area contributed by atoms with E-state index in [4.69, 9.17) is 0 Å². The van der Waals surface area contributed by atoms with Gasteiger partial charge in [-0.15, -0.1) is 0 Å². The molecule has 0 aromatic carbocycles. The van der Waals surface area contributed by atoms with E-state index in [1.54, 1.807) is 0 Å². The molecule has 5 nitrogen and oxygen atoms in total. The fraction of sp³-hybridized carbons (Fsp3) is 0.625. The van der Waals surface area contributed by atoms with Gasteiger partial charge in [0.05, 0.1) is 5.41 Å². The molecule has 5 heteroatoms. The highest BCUT2D eigenvalue weighted by atomic mass is 16.4. The van der Waals surface area contributed by atoms with Crippen LogP contribution in [0.15, 0.2) is 18.3 Å². The minimum atomic E-state index is -0.724. The number of carboxylic acids is 1. The number of pyridine rings is 1. The lowest BCUT2D eigenvalue weighted by molar-refractivity contribution is -0.149. The summed E-state index contributed by atoms with van der Waals surface area (Å²) in [6.45, 7) is 7.97. The van der Waals surface area contributed by atoms with Gasteiger partial charge < -0.3 is 15.3 Å². The van der Waals surface area contributed by atoms with Crippen molar-refractivity contribution in [2.75, 3.05) is 25.0 Å². The molecule has 0 bridgehead atoms. The first-order chi connectivity index (χ1) is 9.99. The van der Waals surface area contributed by atoms with Crippen molar-refractivity contribution in [1.29, 1.82) is 0 Å². The van der Waals surface area contributed by atoms with Gasteiger partial charge in [0.15, 0.2) is 0 Å². The van der Waals surface area contributed by atoms with Crippen LogP contribution in [-0.4, -0.2) is 36.2 Å². The number of aromatic nitrogens is 1. The van der Waals surface area contributed by atoms with E-state index in [9.17, 15) is 9.90 Å². The highest BCUT2D eigenvalue weighted by Gasteiger charge is 2.34. The number of nitrogens with zero attached hydrogens (tertiary/aromatic N) is 2. The summed E-state index contributed by atoms with van der Waals surface area (Å²) in [6, 6.07) is 4.02. The molecular formula is C16H27N3O2. The predicted molar refractivity (Wildman–Crippen MR) is 85.5 cm³/mol. The van der Waals surface area contributed by atoms with Gasteiger partial charge in [-0.1, -0.05) is 19.9 Å². The molecule has 1 rings (SSSR count). The lowest BCUT2D eigenvalue weighted by Crippen LogP contribution is -2.40. The molecule has 0 saturated carbocycles. The van der Waals surface area contributed by atoms with Crippen LogP contribution in [0.5, 0.6) is 0 Å². The van der Waals surface area contributed by atoms with E-state index >= 15 is 0 Å². The van der Waals surface area contributed by atoms with Crippen LogP contribution in [0.1, 0.15) is 39.2 Å². The summed E-state index contributed by atoms with van der Waals surface area (Å²) >= 11 is 0. The number of rotatable bonds is 9. The predicted octanol–water partition coefficient (Wildman–Crippen LogP) is 2.52. The van der Waals surface area contributed by atoms with Crippen LogP contribution in [0.4, 0.5) is 5.82 Å². The Morgan fingerprint density at radius 2 is 2.00 bits per heavy atom. The number of carbonyl (C=O) groups is 1. The van der Waals surface area contributed by atoms with Gasteiger partial charge in [0, 0.05) is 32.9 Å². The first-order valence-electron chi connectivity index (χ1n) is 7.59. The van der Waals surface area contributed by atoms with Crippen LogP contribution < -0.4 is 10.2 Å². The fourth-order valence-corrected chi connectivity index (χ4v) is 2.23. The number of aliphatic carboxylic acids is 1. The van der Waals surface area contributed by atoms with E-state index in [1.807, 2.05) is 39.2 Å². The maximum Gasteiger partial charge on any atom is 0.310 e. The molecule has 1 aromatic heterocycles. The Morgan fingerprint density at radius 1 is 1.33 bits per heavy atom. The van der Waals surface area contributed by atoms with Crippen molar-refractivity contribution >= 4 is 11.8 Å². The second kappa shape index (κ2) is 7.98. The van der Waals surface area contributed by atoms with Gasteiger partial charge in [0.1, 0.15) is 5.82 Å². The average Bonchev–Trinajstić information content (AvgIpc) is 2.51. The molecule has 1 heterocycles. The molecule has 0 atom stereocenters. The molecular weight excluding hydrogens is 266 g/mol. The van der Waals surface area contributed by atoms with Crippen molar-refractivity contribution in [2.24, 2.45) is 5.41 Å². The average molecular weight is 293 g/mol. The quantitative estimate of drug-likeness (QED) is 0.732. The van der Waals surface area contributed by atoms with Crippen LogP contribution >= 0.6 is 0 Å². The summed E-state index contributed by atoms with van der Waals surface area (Å²) in [4.78, 5) is 17.9. The van der Waals surface area contributed by atoms with Crippen LogP contribution in [0.2, 0.25) is 0 Å². The Bertz CT molecular complexity index is 441. The van der Waals surface area contributed by atoms with Gasteiger partial charge in [-0.3, -0.25) is 4.79 Å². The number of hydrogen-bond donors (Lipinski definition) is 2. The third-order valence-electron chi connectivity index (χ3n) is 4.27. The van der Waals surface area contributed by atoms with Crippen molar-refractivity contribution in [3.05, 3.63) is 23.9 Å². The molecule has 0 amide bonds. The fourth-order valence-electron chi connectivity index (χ4n) is 2.23. The third-order valence-corrected chi connectivity index (χ3v) is 4.27. The largest absolute Gasteiger partial charge is 0.481 e. The lowest BCUT2D eigenvalue weighted by Gasteiger charge is -2.27. The summed E-state index contributed by atoms with van der Waals surface area (Å²) in [5.41, 5.74) is 0.394. The minimum Gasteiger partial charge on any atom is -0.481 e. The van der Waals surface area contributed by atoms with Gasteiger partial charge in [-0.2, -0.15) is 0 Å². The number of hydrogen-bond acceptors (Lipinski definition) is 4. The molecule has 0 spiro atoms. The van der Waals surface area contributed by atoms with E-state index in [-0.39, 0.29) is 0 Å². The Labute approximate surface area is 127 Å². The maximum atomic E-state index is 11.4. The number of nitrogens with one attached hydrogen (secondary N) is 1. The zero-order valence-electron chi connectivity index (χ0n) is 13.5. The van der Waals surface area contributed by atoms with Gasteiger partial charge in [-0.05, 0) is 31.4 Å². The van der Waals surface area contributed by atoms with Crippen molar-refractivity contribution in [3.63, 3.8) is 0 Å². The van der Waals surface area contributed by atoms with E-state index in [2.05, 4.69) is 22.1 Å². The monoisotopic (exact) mass is 293 g/mol. The second-order valence-corrected chi connectivity index (χ2v) is 5.43. The van der Waals surface area contributed by atoms with Crippen molar-refractivity contribution in [2.45, 2.75) is 40.2 Å². The summed E-state index contributed by atoms with van der Waals surface area (Å²) in [5, 5.41) is 12.6. The van der Waals surface area contributed by atoms with Gasteiger partial charge in [-0.25, -0.2) is 4.98 Å². The Morgan fingerprint density at radius 3 is 2.43 bits per heavy atom. The third kappa shape index (κ3) is 4.43. The Kier molecular flexibility index (Phi) is 6.62. The SMILES string of the molecule is CCN(C)c1ccc(CNCC(CC)(CC)C(=O)O)cn1. The maximum absolute atomic E-state index is 11.4. The molecule has 0 saturated heterocycles. The summed E-state index contributed by atoms with van der Waals surface area (Å²) in [7, 11) is 2.00. The van der Waals surface area contributed by atoms with Crippen LogP contribution in [-0.2, 0) is 11.3 Å². The van der Waals surface area contributed by atoms with Gasteiger partial charge >= 0.3 is 5.97 Å². The highest BCUT2D eigenvalue weighted by Crippen LogP contribution is 2.25. The molecule has 0 aliphatic rings. The first kappa shape index (κ1) is 17.4. The van der Waals surface area contributed by atoms with E-state index in [0.717, 1.165) is 17.9 Å². The van der Waals surface area contributed by atoms with Crippen molar-refractivity contribution in [1.82, 2.24) is 10.3 Å². The molecule has 0 radical (unpaired) electrons. The highest BCUT2D eigenvalue weighted by molar-refractivity contribution is 5.74. The van der Waals surface area contributed by atoms with E-state index in [0.29, 0.717) is 25.9 Å². The molecule has 0 aliphatic heterocycles. The van der Waals surface area contributed by atoms with Crippen molar-refractivity contribution < 1.29 is 9.90 Å². The van der Waals surface area contributed by atoms with Crippen LogP contribution in [0.25, 0.3) is 0 Å². The van der Waals surface area contributed by atoms with Gasteiger partial charge in [0.2, 0.25) is 0 Å². The lowest BCUT2D eigenvalue weighted by atomic mass is 9.82. The van der Waals surface area contributed by atoms with Crippen LogP contribution in [0, 0.1) is 5.41 Å². The summed E-state index contributed by atoms with van der Waals surface area (Å²) in [5.74, 6) is 0.223. The normalized spacial score (nSPS) is 11.4. The van der Waals surface area contributed by atoms with Crippen LogP contribution in [0.3, 0.4) is 0 Å². The Balaban J connectivity index is 2.57. The van der Waals surface area contributed by atoms with Gasteiger partial charge in [0.25, 0.3) is 0 Å². The summed E-state index contributed by atoms with van der Waals surface area (Å²) in [6.07, 6.45) is 3.10. The van der Waals surface area contributed by atoms with E-state index in [1.165, 1.54) is 0 Å². The zero-order valence-corrected chi connectivity index (χ0v) is 13.5. The molecule has 118 valence electrons. The summed E-state index contributed by atoms with van der Waals surface area (Å²) < 4.78 is 0. The molecule has 1 aromatic rings. The standard InChI is InChI=1S/C16H27N3O2/c1-5-16(6-2,15(20)21)12-17-10-13-8-9-14(18-11-13)19(4)7-3/h8-9,11,17H,5-7,10,12H2,1-4H3,(H,20,21). The van der Waals surface area contributed by atoms with Crippen molar-refractivity contribution in [3.8, 4) is 0 Å². The Hall–Kier alpha value is -1.62. The molecule has 0 fully saturated rings. The minimum absolute atomic E-state index is 0.478.